The van der Waals surface area contributed by atoms with Crippen LogP contribution >= 0.6 is 15.9 Å². The van der Waals surface area contributed by atoms with Crippen molar-refractivity contribution in [2.24, 2.45) is 11.8 Å². The first kappa shape index (κ1) is 16.4. The normalized spacial score (nSPS) is 22.5. The smallest absolute Gasteiger partial charge is 0.273 e. The molecule has 116 valence electrons. The Morgan fingerprint density at radius 1 is 1.38 bits per heavy atom. The lowest BCUT2D eigenvalue weighted by molar-refractivity contribution is -0.385. The van der Waals surface area contributed by atoms with E-state index in [1.807, 2.05) is 6.07 Å². The molecule has 0 aromatic heterocycles. The van der Waals surface area contributed by atoms with E-state index in [4.69, 9.17) is 0 Å². The molecule has 1 aromatic carbocycles. The largest absolute Gasteiger partial charge is 0.309 e. The van der Waals surface area contributed by atoms with Gasteiger partial charge in [-0.2, -0.15) is 0 Å². The SMILES string of the molecule is CC(C)C1CCCCC1NCc1cc(Br)ccc1[N+](=O)[O-]. The van der Waals surface area contributed by atoms with Gasteiger partial charge in [-0.15, -0.1) is 0 Å². The van der Waals surface area contributed by atoms with Crippen molar-refractivity contribution >= 4 is 21.6 Å². The number of nitrogens with one attached hydrogen (secondary N) is 1. The Kier molecular flexibility index (Phi) is 5.76. The minimum Gasteiger partial charge on any atom is -0.309 e. The highest BCUT2D eigenvalue weighted by Gasteiger charge is 2.27. The van der Waals surface area contributed by atoms with E-state index in [-0.39, 0.29) is 10.6 Å². The fourth-order valence-electron chi connectivity index (χ4n) is 3.33. The maximum absolute atomic E-state index is 11.1. The van der Waals surface area contributed by atoms with Gasteiger partial charge < -0.3 is 5.32 Å². The predicted octanol–water partition coefficient (Wildman–Crippen LogP) is 4.66. The van der Waals surface area contributed by atoms with Crippen molar-refractivity contribution in [1.29, 1.82) is 0 Å². The van der Waals surface area contributed by atoms with E-state index in [1.54, 1.807) is 12.1 Å². The van der Waals surface area contributed by atoms with E-state index in [0.29, 0.717) is 24.4 Å². The Morgan fingerprint density at radius 2 is 2.10 bits per heavy atom. The van der Waals surface area contributed by atoms with Gasteiger partial charge in [-0.1, -0.05) is 42.6 Å². The third kappa shape index (κ3) is 4.27. The van der Waals surface area contributed by atoms with Crippen LogP contribution in [0.1, 0.15) is 45.1 Å². The van der Waals surface area contributed by atoms with Crippen LogP contribution in [0.15, 0.2) is 22.7 Å². The third-order valence-corrected chi connectivity index (χ3v) is 4.96. The summed E-state index contributed by atoms with van der Waals surface area (Å²) in [6.45, 7) is 5.10. The molecule has 0 radical (unpaired) electrons. The predicted molar refractivity (Wildman–Crippen MR) is 88.2 cm³/mol. The van der Waals surface area contributed by atoms with Gasteiger partial charge in [-0.05, 0) is 36.8 Å². The molecule has 2 unspecified atom stereocenters. The number of halogens is 1. The van der Waals surface area contributed by atoms with E-state index in [9.17, 15) is 10.1 Å². The Morgan fingerprint density at radius 3 is 2.76 bits per heavy atom. The average Bonchev–Trinajstić information content (AvgIpc) is 2.45. The van der Waals surface area contributed by atoms with Gasteiger partial charge in [0.25, 0.3) is 5.69 Å². The highest BCUT2D eigenvalue weighted by atomic mass is 79.9. The molecule has 5 heteroatoms. The van der Waals surface area contributed by atoms with E-state index in [2.05, 4.69) is 35.1 Å². The summed E-state index contributed by atoms with van der Waals surface area (Å²) in [7, 11) is 0. The minimum absolute atomic E-state index is 0.197. The van der Waals surface area contributed by atoms with Gasteiger partial charge in [0.2, 0.25) is 0 Å². The number of hydrogen-bond donors (Lipinski definition) is 1. The second-order valence-corrected chi connectivity index (χ2v) is 7.13. The third-order valence-electron chi connectivity index (χ3n) is 4.47. The molecule has 0 amide bonds. The van der Waals surface area contributed by atoms with Crippen LogP contribution in [-0.4, -0.2) is 11.0 Å². The molecular weight excluding hydrogens is 332 g/mol. The first-order valence-corrected chi connectivity index (χ1v) is 8.44. The Balaban J connectivity index is 2.08. The van der Waals surface area contributed by atoms with Gasteiger partial charge in [0.1, 0.15) is 0 Å². The van der Waals surface area contributed by atoms with Crippen molar-refractivity contribution in [2.45, 2.75) is 52.1 Å². The lowest BCUT2D eigenvalue weighted by Gasteiger charge is -2.35. The topological polar surface area (TPSA) is 55.2 Å². The number of benzene rings is 1. The van der Waals surface area contributed by atoms with Crippen molar-refractivity contribution in [1.82, 2.24) is 5.32 Å². The number of nitro benzene ring substituents is 1. The molecule has 0 spiro atoms. The van der Waals surface area contributed by atoms with Gasteiger partial charge in [-0.3, -0.25) is 10.1 Å². The fourth-order valence-corrected chi connectivity index (χ4v) is 3.73. The van der Waals surface area contributed by atoms with Crippen LogP contribution < -0.4 is 5.32 Å². The van der Waals surface area contributed by atoms with Crippen LogP contribution in [0.5, 0.6) is 0 Å². The molecule has 1 saturated carbocycles. The monoisotopic (exact) mass is 354 g/mol. The molecule has 1 aliphatic rings. The zero-order valence-electron chi connectivity index (χ0n) is 12.6. The molecule has 2 atom stereocenters. The molecular formula is C16H23BrN2O2. The van der Waals surface area contributed by atoms with Crippen LogP contribution in [0, 0.1) is 22.0 Å². The summed E-state index contributed by atoms with van der Waals surface area (Å²) < 4.78 is 0.883. The van der Waals surface area contributed by atoms with Crippen LogP contribution in [0.2, 0.25) is 0 Å². The molecule has 2 rings (SSSR count). The van der Waals surface area contributed by atoms with E-state index in [0.717, 1.165) is 10.0 Å². The zero-order valence-corrected chi connectivity index (χ0v) is 14.2. The van der Waals surface area contributed by atoms with Gasteiger partial charge in [0, 0.05) is 28.7 Å². The molecule has 4 nitrogen and oxygen atoms in total. The van der Waals surface area contributed by atoms with Crippen LogP contribution in [0.4, 0.5) is 5.69 Å². The molecule has 1 aromatic rings. The zero-order chi connectivity index (χ0) is 15.4. The quantitative estimate of drug-likeness (QED) is 0.617. The van der Waals surface area contributed by atoms with Crippen molar-refractivity contribution < 1.29 is 4.92 Å². The maximum atomic E-state index is 11.1. The minimum atomic E-state index is -0.301. The van der Waals surface area contributed by atoms with Gasteiger partial charge in [0.05, 0.1) is 4.92 Å². The maximum Gasteiger partial charge on any atom is 0.273 e. The summed E-state index contributed by atoms with van der Waals surface area (Å²) in [5.74, 6) is 1.32. The summed E-state index contributed by atoms with van der Waals surface area (Å²) >= 11 is 3.40. The molecule has 0 heterocycles. The second-order valence-electron chi connectivity index (χ2n) is 6.21. The Hall–Kier alpha value is -0.940. The molecule has 0 bridgehead atoms. The summed E-state index contributed by atoms with van der Waals surface area (Å²) in [5, 5.41) is 14.7. The number of nitrogens with zero attached hydrogens (tertiary/aromatic N) is 1. The summed E-state index contributed by atoms with van der Waals surface area (Å²) in [6, 6.07) is 5.61. The lowest BCUT2D eigenvalue weighted by Crippen LogP contribution is -2.40. The van der Waals surface area contributed by atoms with Crippen LogP contribution in [0.25, 0.3) is 0 Å². The Labute approximate surface area is 134 Å². The first-order chi connectivity index (χ1) is 9.99. The molecule has 0 aliphatic heterocycles. The van der Waals surface area contributed by atoms with E-state index in [1.165, 1.54) is 25.7 Å². The van der Waals surface area contributed by atoms with Crippen molar-refractivity contribution in [3.63, 3.8) is 0 Å². The average molecular weight is 355 g/mol. The van der Waals surface area contributed by atoms with Crippen LogP contribution in [-0.2, 0) is 6.54 Å². The van der Waals surface area contributed by atoms with Crippen molar-refractivity contribution in [2.75, 3.05) is 0 Å². The summed E-state index contributed by atoms with van der Waals surface area (Å²) in [5.41, 5.74) is 0.949. The molecule has 1 fully saturated rings. The number of nitro groups is 1. The van der Waals surface area contributed by atoms with Gasteiger partial charge >= 0.3 is 0 Å². The van der Waals surface area contributed by atoms with E-state index >= 15 is 0 Å². The Bertz CT molecular complexity index is 505. The number of hydrogen-bond acceptors (Lipinski definition) is 3. The fraction of sp³-hybridized carbons (Fsp3) is 0.625. The first-order valence-electron chi connectivity index (χ1n) is 7.65. The van der Waals surface area contributed by atoms with Gasteiger partial charge in [-0.25, -0.2) is 0 Å². The molecule has 0 saturated heterocycles. The molecule has 1 N–H and O–H groups in total. The molecule has 1 aliphatic carbocycles. The lowest BCUT2D eigenvalue weighted by atomic mass is 9.78. The van der Waals surface area contributed by atoms with Crippen molar-refractivity contribution in [3.05, 3.63) is 38.3 Å². The molecule has 21 heavy (non-hydrogen) atoms. The van der Waals surface area contributed by atoms with E-state index < -0.39 is 0 Å². The summed E-state index contributed by atoms with van der Waals surface area (Å²) in [6.07, 6.45) is 4.99. The number of rotatable bonds is 5. The standard InChI is InChI=1S/C16H23BrN2O2/c1-11(2)14-5-3-4-6-15(14)18-10-12-9-13(17)7-8-16(12)19(20)21/h7-9,11,14-15,18H,3-6,10H2,1-2H3. The second kappa shape index (κ2) is 7.36. The van der Waals surface area contributed by atoms with Gasteiger partial charge in [0.15, 0.2) is 0 Å². The highest BCUT2D eigenvalue weighted by Crippen LogP contribution is 2.31. The highest BCUT2D eigenvalue weighted by molar-refractivity contribution is 9.10. The van der Waals surface area contributed by atoms with Crippen molar-refractivity contribution in [3.8, 4) is 0 Å². The summed E-state index contributed by atoms with van der Waals surface area (Å²) in [4.78, 5) is 10.8. The van der Waals surface area contributed by atoms with Crippen LogP contribution in [0.3, 0.4) is 0 Å².